The molecule has 0 spiro atoms. The van der Waals surface area contributed by atoms with Crippen LogP contribution in [0.3, 0.4) is 0 Å². The van der Waals surface area contributed by atoms with Crippen molar-refractivity contribution in [1.82, 2.24) is 0 Å². The number of rotatable bonds is 12. The maximum atomic E-state index is 15.3. The van der Waals surface area contributed by atoms with Crippen molar-refractivity contribution in [2.24, 2.45) is 0 Å². The molecule has 0 aliphatic heterocycles. The molecule has 0 aliphatic carbocycles. The first-order valence-electron chi connectivity index (χ1n) is 12.4. The van der Waals surface area contributed by atoms with E-state index in [4.69, 9.17) is 0 Å². The van der Waals surface area contributed by atoms with Crippen LogP contribution in [0.25, 0.3) is 11.1 Å². The highest BCUT2D eigenvalue weighted by Crippen LogP contribution is 2.43. The Labute approximate surface area is 212 Å². The number of aromatic hydroxyl groups is 1. The normalized spacial score (nSPS) is 11.7. The number of ether oxygens (including phenoxy) is 1. The molecular weight excluding hydrogens is 494 g/mol. The molecule has 2 nitrogen and oxygen atoms in total. The molecule has 0 aliphatic rings. The summed E-state index contributed by atoms with van der Waals surface area (Å²) in [5, 5.41) is 10.1. The molecule has 3 aromatic rings. The van der Waals surface area contributed by atoms with Gasteiger partial charge in [0.05, 0.1) is 5.56 Å². The molecule has 3 rings (SSSR count). The van der Waals surface area contributed by atoms with Crippen LogP contribution in [0.5, 0.6) is 11.5 Å². The van der Waals surface area contributed by atoms with Crippen molar-refractivity contribution < 1.29 is 36.2 Å². The lowest BCUT2D eigenvalue weighted by molar-refractivity contribution is -0.189. The summed E-state index contributed by atoms with van der Waals surface area (Å²) in [7, 11) is 0. The largest absolute Gasteiger partial charge is 0.507 e. The fraction of sp³-hybridized carbons (Fsp3) is 0.379. The number of phenols is 1. The molecule has 0 radical (unpaired) electrons. The van der Waals surface area contributed by atoms with Gasteiger partial charge in [-0.25, -0.2) is 17.6 Å². The molecular formula is C29H30F6O2. The van der Waals surface area contributed by atoms with Crippen LogP contribution in [-0.2, 0) is 19.0 Å². The van der Waals surface area contributed by atoms with Crippen molar-refractivity contribution in [1.29, 1.82) is 0 Å². The van der Waals surface area contributed by atoms with Gasteiger partial charge in [-0.2, -0.15) is 8.78 Å². The predicted octanol–water partition coefficient (Wildman–Crippen LogP) is 9.21. The van der Waals surface area contributed by atoms with Crippen molar-refractivity contribution in [3.05, 3.63) is 82.4 Å². The zero-order valence-corrected chi connectivity index (χ0v) is 20.8. The molecule has 3 aromatic carbocycles. The topological polar surface area (TPSA) is 29.5 Å². The number of unbranched alkanes of at least 4 members (excludes halogenated alkanes) is 4. The van der Waals surface area contributed by atoms with Crippen LogP contribution in [0, 0.1) is 23.3 Å². The van der Waals surface area contributed by atoms with Gasteiger partial charge in [-0.1, -0.05) is 63.8 Å². The van der Waals surface area contributed by atoms with Gasteiger partial charge in [-0.05, 0) is 48.9 Å². The molecule has 0 aromatic heterocycles. The second-order valence-electron chi connectivity index (χ2n) is 9.02. The molecule has 0 fully saturated rings. The van der Waals surface area contributed by atoms with Gasteiger partial charge < -0.3 is 9.84 Å². The Bertz CT molecular complexity index is 1210. The number of hydrogen-bond donors (Lipinski definition) is 1. The smallest absolute Gasteiger partial charge is 0.432 e. The molecule has 37 heavy (non-hydrogen) atoms. The standard InChI is InChI=1S/C29H30F6O2/c1-3-5-7-9-18-11-14-20(15-12-18)37-29(34,35)25-22(30)17-23(36)24(28(25)33)21-16-13-19(10-8-6-4-2)26(31)27(21)32/h11-17,36H,3-10H2,1-2H3. The van der Waals surface area contributed by atoms with Crippen LogP contribution in [0.1, 0.15) is 69.1 Å². The second-order valence-corrected chi connectivity index (χ2v) is 9.02. The monoisotopic (exact) mass is 524 g/mol. The van der Waals surface area contributed by atoms with Gasteiger partial charge in [0.2, 0.25) is 0 Å². The lowest BCUT2D eigenvalue weighted by Crippen LogP contribution is -2.25. The zero-order valence-electron chi connectivity index (χ0n) is 20.8. The van der Waals surface area contributed by atoms with Crippen molar-refractivity contribution in [3.8, 4) is 22.6 Å². The summed E-state index contributed by atoms with van der Waals surface area (Å²) in [4.78, 5) is 0. The Balaban J connectivity index is 1.95. The number of hydrogen-bond acceptors (Lipinski definition) is 2. The molecule has 0 unspecified atom stereocenters. The van der Waals surface area contributed by atoms with Gasteiger partial charge in [0.15, 0.2) is 17.5 Å². The quantitative estimate of drug-likeness (QED) is 0.189. The average molecular weight is 525 g/mol. The van der Waals surface area contributed by atoms with Gasteiger partial charge in [-0.3, -0.25) is 0 Å². The summed E-state index contributed by atoms with van der Waals surface area (Å²) in [6.07, 6.45) is 1.66. The summed E-state index contributed by atoms with van der Waals surface area (Å²) in [5.74, 6) is -8.04. The Hall–Kier alpha value is -3.16. The molecule has 0 heterocycles. The number of halogens is 6. The molecule has 0 saturated carbocycles. The van der Waals surface area contributed by atoms with Crippen LogP contribution in [-0.4, -0.2) is 5.11 Å². The van der Waals surface area contributed by atoms with Gasteiger partial charge in [0, 0.05) is 11.6 Å². The highest BCUT2D eigenvalue weighted by atomic mass is 19.3. The van der Waals surface area contributed by atoms with E-state index in [0.717, 1.165) is 50.2 Å². The Morgan fingerprint density at radius 3 is 2.00 bits per heavy atom. The van der Waals surface area contributed by atoms with Crippen LogP contribution in [0.2, 0.25) is 0 Å². The third-order valence-corrected chi connectivity index (χ3v) is 6.21. The first kappa shape index (κ1) is 28.4. The Kier molecular flexibility index (Phi) is 9.51. The Morgan fingerprint density at radius 1 is 0.757 bits per heavy atom. The molecule has 0 atom stereocenters. The molecule has 0 amide bonds. The predicted molar refractivity (Wildman–Crippen MR) is 131 cm³/mol. The summed E-state index contributed by atoms with van der Waals surface area (Å²) in [6.45, 7) is 4.00. The van der Waals surface area contributed by atoms with E-state index in [0.29, 0.717) is 6.42 Å². The lowest BCUT2D eigenvalue weighted by Gasteiger charge is -2.21. The fourth-order valence-electron chi connectivity index (χ4n) is 4.17. The third-order valence-electron chi connectivity index (χ3n) is 6.21. The van der Waals surface area contributed by atoms with Crippen molar-refractivity contribution in [2.75, 3.05) is 0 Å². The van der Waals surface area contributed by atoms with Crippen molar-refractivity contribution >= 4 is 0 Å². The average Bonchev–Trinajstić information content (AvgIpc) is 2.83. The highest BCUT2D eigenvalue weighted by molar-refractivity contribution is 5.73. The maximum Gasteiger partial charge on any atom is 0.432 e. The summed E-state index contributed by atoms with van der Waals surface area (Å²) >= 11 is 0. The third kappa shape index (κ3) is 6.59. The molecule has 0 saturated heterocycles. The molecule has 1 N–H and O–H groups in total. The minimum absolute atomic E-state index is 0.0312. The number of alkyl halides is 2. The van der Waals surface area contributed by atoms with E-state index < -0.39 is 51.8 Å². The van der Waals surface area contributed by atoms with Crippen molar-refractivity contribution in [2.45, 2.75) is 71.3 Å². The van der Waals surface area contributed by atoms with Crippen LogP contribution in [0.15, 0.2) is 42.5 Å². The summed E-state index contributed by atoms with van der Waals surface area (Å²) < 4.78 is 94.0. The first-order valence-corrected chi connectivity index (χ1v) is 12.4. The van der Waals surface area contributed by atoms with Gasteiger partial charge in [0.1, 0.15) is 22.9 Å². The van der Waals surface area contributed by atoms with Gasteiger partial charge >= 0.3 is 6.11 Å². The first-order chi connectivity index (χ1) is 17.6. The summed E-state index contributed by atoms with van der Waals surface area (Å²) in [5.41, 5.74) is -2.78. The van der Waals surface area contributed by atoms with E-state index in [1.165, 1.54) is 18.2 Å². The number of benzene rings is 3. The molecule has 200 valence electrons. The van der Waals surface area contributed by atoms with Crippen molar-refractivity contribution in [3.63, 3.8) is 0 Å². The maximum absolute atomic E-state index is 15.3. The van der Waals surface area contributed by atoms with E-state index in [9.17, 15) is 18.3 Å². The van der Waals surface area contributed by atoms with E-state index in [1.807, 2.05) is 6.92 Å². The second kappa shape index (κ2) is 12.4. The summed E-state index contributed by atoms with van der Waals surface area (Å²) in [6, 6.07) is 8.09. The van der Waals surface area contributed by atoms with E-state index in [1.54, 1.807) is 12.1 Å². The number of phenolic OH excluding ortho intramolecular Hbond substituents is 1. The van der Waals surface area contributed by atoms with E-state index in [2.05, 4.69) is 11.7 Å². The van der Waals surface area contributed by atoms with Crippen LogP contribution < -0.4 is 4.74 Å². The molecule has 8 heteroatoms. The Morgan fingerprint density at radius 2 is 1.38 bits per heavy atom. The number of aryl methyl sites for hydroxylation is 2. The lowest BCUT2D eigenvalue weighted by atomic mass is 9.96. The van der Waals surface area contributed by atoms with E-state index in [-0.39, 0.29) is 23.8 Å². The SMILES string of the molecule is CCCCCc1ccc(OC(F)(F)c2c(F)cc(O)c(-c3ccc(CCCCC)c(F)c3F)c2F)cc1. The van der Waals surface area contributed by atoms with Gasteiger partial charge in [0.25, 0.3) is 0 Å². The van der Waals surface area contributed by atoms with E-state index >= 15 is 13.2 Å². The van der Waals surface area contributed by atoms with Crippen LogP contribution in [0.4, 0.5) is 26.3 Å². The van der Waals surface area contributed by atoms with Crippen LogP contribution >= 0.6 is 0 Å². The minimum atomic E-state index is -4.52. The zero-order chi connectivity index (χ0) is 27.2. The van der Waals surface area contributed by atoms with Gasteiger partial charge in [-0.15, -0.1) is 0 Å². The fourth-order valence-corrected chi connectivity index (χ4v) is 4.17. The molecule has 0 bridgehead atoms. The minimum Gasteiger partial charge on any atom is -0.507 e. The highest BCUT2D eigenvalue weighted by Gasteiger charge is 2.43.